The Morgan fingerprint density at radius 1 is 1.00 bits per heavy atom. The Morgan fingerprint density at radius 2 is 1.69 bits per heavy atom. The van der Waals surface area contributed by atoms with Crippen LogP contribution in [0.15, 0.2) is 52.9 Å². The minimum atomic E-state index is -4.33. The predicted molar refractivity (Wildman–Crippen MR) is 134 cm³/mol. The smallest absolute Gasteiger partial charge is 0.416 e. The highest BCUT2D eigenvalue weighted by molar-refractivity contribution is 5.96. The fourth-order valence-electron chi connectivity index (χ4n) is 4.71. The van der Waals surface area contributed by atoms with Crippen molar-refractivity contribution in [2.45, 2.75) is 44.0 Å². The van der Waals surface area contributed by atoms with Crippen molar-refractivity contribution in [2.75, 3.05) is 31.1 Å². The second-order valence-corrected chi connectivity index (χ2v) is 9.16. The van der Waals surface area contributed by atoms with Gasteiger partial charge in [0.05, 0.1) is 5.56 Å². The maximum atomic E-state index is 12.8. The number of hydrogen-bond donors (Lipinski definition) is 2. The van der Waals surface area contributed by atoms with E-state index in [1.54, 1.807) is 12.1 Å². The van der Waals surface area contributed by atoms with Crippen LogP contribution >= 0.6 is 12.4 Å². The number of rotatable bonds is 5. The van der Waals surface area contributed by atoms with Crippen LogP contribution in [-0.4, -0.2) is 44.2 Å². The molecule has 0 atom stereocenters. The molecule has 36 heavy (non-hydrogen) atoms. The summed E-state index contributed by atoms with van der Waals surface area (Å²) in [6, 6.07) is 12.7. The molecule has 0 unspecified atom stereocenters. The van der Waals surface area contributed by atoms with E-state index in [1.165, 1.54) is 12.1 Å². The van der Waals surface area contributed by atoms with E-state index in [0.717, 1.165) is 62.0 Å². The molecule has 194 valence electrons. The average Bonchev–Trinajstić information content (AvgIpc) is 3.29. The van der Waals surface area contributed by atoms with Crippen LogP contribution in [0.3, 0.4) is 0 Å². The van der Waals surface area contributed by atoms with Crippen LogP contribution in [0.4, 0.5) is 18.9 Å². The van der Waals surface area contributed by atoms with E-state index in [1.807, 2.05) is 12.1 Å². The zero-order valence-corrected chi connectivity index (χ0v) is 20.5. The lowest BCUT2D eigenvalue weighted by Gasteiger charge is -2.33. The van der Waals surface area contributed by atoms with Gasteiger partial charge < -0.3 is 24.7 Å². The molecule has 2 aliphatic rings. The molecule has 0 spiro atoms. The highest BCUT2D eigenvalue weighted by atomic mass is 35.5. The van der Waals surface area contributed by atoms with Gasteiger partial charge in [0.15, 0.2) is 5.76 Å². The Morgan fingerprint density at radius 3 is 2.36 bits per heavy atom. The zero-order valence-electron chi connectivity index (χ0n) is 19.6. The highest BCUT2D eigenvalue weighted by Gasteiger charge is 2.30. The quantitative estimate of drug-likeness (QED) is 0.468. The van der Waals surface area contributed by atoms with Crippen molar-refractivity contribution in [3.05, 3.63) is 59.9 Å². The monoisotopic (exact) mass is 523 g/mol. The number of amides is 1. The third-order valence-corrected chi connectivity index (χ3v) is 6.69. The lowest BCUT2D eigenvalue weighted by molar-refractivity contribution is -0.137. The number of nitrogens with one attached hydrogen (secondary N) is 2. The molecule has 1 aromatic heterocycles. The van der Waals surface area contributed by atoms with Crippen molar-refractivity contribution in [1.82, 2.24) is 10.6 Å². The molecule has 0 radical (unpaired) electrons. The van der Waals surface area contributed by atoms with Crippen LogP contribution in [-0.2, 0) is 6.18 Å². The maximum Gasteiger partial charge on any atom is 0.416 e. The molecule has 5 rings (SSSR count). The first-order valence-electron chi connectivity index (χ1n) is 12.0. The predicted octanol–water partition coefficient (Wildman–Crippen LogP) is 5.40. The number of carbonyl (C=O) groups is 1. The van der Waals surface area contributed by atoms with E-state index in [4.69, 9.17) is 9.15 Å². The Bertz CT molecular complexity index is 1170. The Balaban J connectivity index is 0.00000304. The molecule has 3 aromatic rings. The molecule has 0 aliphatic carbocycles. The van der Waals surface area contributed by atoms with Gasteiger partial charge in [0.1, 0.15) is 17.4 Å². The molecule has 2 aromatic carbocycles. The Hall–Kier alpha value is -2.91. The number of ether oxygens (including phenoxy) is 1. The summed E-state index contributed by atoms with van der Waals surface area (Å²) in [5.74, 6) is 0.761. The molecule has 2 fully saturated rings. The first kappa shape index (κ1) is 26.2. The van der Waals surface area contributed by atoms with E-state index in [-0.39, 0.29) is 30.5 Å². The van der Waals surface area contributed by atoms with E-state index >= 15 is 0 Å². The van der Waals surface area contributed by atoms with Crippen LogP contribution in [0.2, 0.25) is 0 Å². The highest BCUT2D eigenvalue weighted by Crippen LogP contribution is 2.32. The number of fused-ring (bicyclic) bond motifs is 1. The summed E-state index contributed by atoms with van der Waals surface area (Å²) in [7, 11) is 0. The van der Waals surface area contributed by atoms with Crippen LogP contribution < -0.4 is 20.3 Å². The molecule has 2 saturated heterocycles. The third kappa shape index (κ3) is 6.07. The van der Waals surface area contributed by atoms with E-state index in [9.17, 15) is 18.0 Å². The van der Waals surface area contributed by atoms with Crippen LogP contribution in [0.25, 0.3) is 11.0 Å². The minimum absolute atomic E-state index is 0. The van der Waals surface area contributed by atoms with Gasteiger partial charge in [0, 0.05) is 49.1 Å². The van der Waals surface area contributed by atoms with Gasteiger partial charge in [0.2, 0.25) is 0 Å². The number of benzene rings is 2. The molecule has 1 amide bonds. The third-order valence-electron chi connectivity index (χ3n) is 6.69. The number of alkyl halides is 3. The van der Waals surface area contributed by atoms with Crippen molar-refractivity contribution in [3.63, 3.8) is 0 Å². The summed E-state index contributed by atoms with van der Waals surface area (Å²) < 4.78 is 50.4. The average molecular weight is 524 g/mol. The van der Waals surface area contributed by atoms with Crippen molar-refractivity contribution < 1.29 is 27.1 Å². The minimum Gasteiger partial charge on any atom is -0.490 e. The molecule has 0 saturated carbocycles. The maximum absolute atomic E-state index is 12.8. The largest absolute Gasteiger partial charge is 0.490 e. The molecule has 2 N–H and O–H groups in total. The lowest BCUT2D eigenvalue weighted by Crippen LogP contribution is -2.42. The second-order valence-electron chi connectivity index (χ2n) is 9.16. The van der Waals surface area contributed by atoms with Gasteiger partial charge in [-0.2, -0.15) is 13.2 Å². The van der Waals surface area contributed by atoms with E-state index < -0.39 is 11.7 Å². The molecule has 3 heterocycles. The van der Waals surface area contributed by atoms with Gasteiger partial charge in [-0.1, -0.05) is 0 Å². The molecular weight excluding hydrogens is 495 g/mol. The number of anilines is 1. The topological polar surface area (TPSA) is 66.7 Å². The van der Waals surface area contributed by atoms with Gasteiger partial charge in [0.25, 0.3) is 5.91 Å². The van der Waals surface area contributed by atoms with Gasteiger partial charge in [-0.05, 0) is 68.4 Å². The van der Waals surface area contributed by atoms with Gasteiger partial charge >= 0.3 is 6.18 Å². The van der Waals surface area contributed by atoms with Crippen LogP contribution in [0, 0.1) is 0 Å². The fraction of sp³-hybridized carbons (Fsp3) is 0.423. The number of furan rings is 1. The van der Waals surface area contributed by atoms with E-state index in [2.05, 4.69) is 15.5 Å². The molecule has 0 bridgehead atoms. The SMILES string of the molecule is Cl.O=C(NC1CCNCC1)c1cc2ccc(OC3CCN(c4ccc(C(F)(F)F)cc4)CC3)cc2o1. The fourth-order valence-corrected chi connectivity index (χ4v) is 4.71. The molecule has 10 heteroatoms. The second kappa shape index (κ2) is 11.0. The summed E-state index contributed by atoms with van der Waals surface area (Å²) in [5, 5.41) is 7.16. The molecule has 6 nitrogen and oxygen atoms in total. The Kier molecular flexibility index (Phi) is 8.00. The summed E-state index contributed by atoms with van der Waals surface area (Å²) in [5.41, 5.74) is 0.739. The van der Waals surface area contributed by atoms with Crippen molar-refractivity contribution in [2.24, 2.45) is 0 Å². The van der Waals surface area contributed by atoms with Crippen LogP contribution in [0.5, 0.6) is 5.75 Å². The summed E-state index contributed by atoms with van der Waals surface area (Å²) in [6.45, 7) is 3.18. The van der Waals surface area contributed by atoms with Gasteiger partial charge in [-0.3, -0.25) is 4.79 Å². The van der Waals surface area contributed by atoms with Gasteiger partial charge in [-0.25, -0.2) is 0 Å². The van der Waals surface area contributed by atoms with Gasteiger partial charge in [-0.15, -0.1) is 12.4 Å². The van der Waals surface area contributed by atoms with Crippen molar-refractivity contribution in [1.29, 1.82) is 0 Å². The molecular formula is C26H29ClF3N3O3. The first-order valence-corrected chi connectivity index (χ1v) is 12.0. The Labute approximate surface area is 213 Å². The summed E-state index contributed by atoms with van der Waals surface area (Å²) in [6.07, 6.45) is -1.02. The zero-order chi connectivity index (χ0) is 24.4. The lowest BCUT2D eigenvalue weighted by atomic mass is 10.1. The van der Waals surface area contributed by atoms with Crippen LogP contribution in [0.1, 0.15) is 41.8 Å². The van der Waals surface area contributed by atoms with Crippen molar-refractivity contribution in [3.8, 4) is 5.75 Å². The number of piperidine rings is 2. The summed E-state index contributed by atoms with van der Waals surface area (Å²) >= 11 is 0. The number of hydrogen-bond acceptors (Lipinski definition) is 5. The summed E-state index contributed by atoms with van der Waals surface area (Å²) in [4.78, 5) is 14.7. The number of nitrogens with zero attached hydrogens (tertiary/aromatic N) is 1. The van der Waals surface area contributed by atoms with Crippen molar-refractivity contribution >= 4 is 35.0 Å². The number of halogens is 4. The first-order chi connectivity index (χ1) is 16.8. The standard InChI is InChI=1S/C26H28F3N3O3.ClH/c27-26(28,29)18-2-4-20(5-3-18)32-13-9-21(10-14-32)34-22-6-1-17-15-24(35-23(17)16-22)25(33)31-19-7-11-30-12-8-19;/h1-6,15-16,19,21,30H,7-14H2,(H,31,33);1H. The van der Waals surface area contributed by atoms with E-state index in [0.29, 0.717) is 30.2 Å². The normalized spacial score (nSPS) is 17.6. The number of carbonyl (C=O) groups excluding carboxylic acids is 1. The molecule has 2 aliphatic heterocycles.